The molecule has 2 heterocycles. The molecule has 1 N–H and O–H groups in total. The molecule has 2 aromatic carbocycles. The molecule has 0 radical (unpaired) electrons. The van der Waals surface area contributed by atoms with Crippen LogP contribution in [0.2, 0.25) is 0 Å². The molecular weight excluding hydrogens is 412 g/mol. The SMILES string of the molecule is Cc1ccc(-c2nn(Cc3ccccc3)cc2/C=C/C(=O)NCCCN2CCOCC2)cc1. The van der Waals surface area contributed by atoms with E-state index in [1.807, 2.05) is 35.2 Å². The van der Waals surface area contributed by atoms with Gasteiger partial charge in [-0.15, -0.1) is 0 Å². The number of carbonyl (C=O) groups excluding carboxylic acids is 1. The van der Waals surface area contributed by atoms with E-state index in [1.165, 1.54) is 11.1 Å². The van der Waals surface area contributed by atoms with Gasteiger partial charge in [0.25, 0.3) is 0 Å². The van der Waals surface area contributed by atoms with Gasteiger partial charge in [-0.05, 0) is 31.5 Å². The quantitative estimate of drug-likeness (QED) is 0.403. The molecule has 0 bridgehead atoms. The summed E-state index contributed by atoms with van der Waals surface area (Å²) in [5.74, 6) is -0.0809. The van der Waals surface area contributed by atoms with Crippen LogP contribution in [-0.4, -0.2) is 60.0 Å². The Labute approximate surface area is 195 Å². The first-order valence-corrected chi connectivity index (χ1v) is 11.6. The van der Waals surface area contributed by atoms with Gasteiger partial charge >= 0.3 is 0 Å². The number of nitrogens with one attached hydrogen (secondary N) is 1. The molecule has 0 atom stereocenters. The molecule has 1 fully saturated rings. The van der Waals surface area contributed by atoms with Gasteiger partial charge in [-0.2, -0.15) is 5.10 Å². The number of hydrogen-bond acceptors (Lipinski definition) is 4. The van der Waals surface area contributed by atoms with Crippen LogP contribution in [0.1, 0.15) is 23.1 Å². The van der Waals surface area contributed by atoms with Crippen molar-refractivity contribution in [2.45, 2.75) is 19.9 Å². The number of aryl methyl sites for hydroxylation is 1. The van der Waals surface area contributed by atoms with Gasteiger partial charge in [0.05, 0.1) is 25.5 Å². The van der Waals surface area contributed by atoms with E-state index in [0.29, 0.717) is 13.1 Å². The smallest absolute Gasteiger partial charge is 0.244 e. The zero-order chi connectivity index (χ0) is 22.9. The fourth-order valence-electron chi connectivity index (χ4n) is 3.91. The van der Waals surface area contributed by atoms with Gasteiger partial charge in [-0.1, -0.05) is 60.2 Å². The van der Waals surface area contributed by atoms with E-state index in [1.54, 1.807) is 6.08 Å². The highest BCUT2D eigenvalue weighted by Crippen LogP contribution is 2.24. The Kier molecular flexibility index (Phi) is 8.06. The van der Waals surface area contributed by atoms with Crippen molar-refractivity contribution in [2.24, 2.45) is 0 Å². The van der Waals surface area contributed by atoms with E-state index in [9.17, 15) is 4.79 Å². The number of rotatable bonds is 9. The second-order valence-electron chi connectivity index (χ2n) is 8.41. The highest BCUT2D eigenvalue weighted by Gasteiger charge is 2.11. The number of amides is 1. The summed E-state index contributed by atoms with van der Waals surface area (Å²) in [6, 6.07) is 18.6. The summed E-state index contributed by atoms with van der Waals surface area (Å²) < 4.78 is 7.31. The van der Waals surface area contributed by atoms with Crippen molar-refractivity contribution in [2.75, 3.05) is 39.4 Å². The summed E-state index contributed by atoms with van der Waals surface area (Å²) in [6.45, 7) is 7.96. The molecule has 3 aromatic rings. The topological polar surface area (TPSA) is 59.4 Å². The van der Waals surface area contributed by atoms with Crippen LogP contribution in [0.15, 0.2) is 66.9 Å². The van der Waals surface area contributed by atoms with Gasteiger partial charge in [0.1, 0.15) is 0 Å². The zero-order valence-corrected chi connectivity index (χ0v) is 19.2. The number of nitrogens with zero attached hydrogens (tertiary/aromatic N) is 3. The second-order valence-corrected chi connectivity index (χ2v) is 8.41. The maximum absolute atomic E-state index is 12.4. The van der Waals surface area contributed by atoms with Gasteiger partial charge in [0.15, 0.2) is 0 Å². The molecule has 1 saturated heterocycles. The van der Waals surface area contributed by atoms with Crippen molar-refractivity contribution in [3.8, 4) is 11.3 Å². The van der Waals surface area contributed by atoms with Crippen LogP contribution in [0.5, 0.6) is 0 Å². The third-order valence-electron chi connectivity index (χ3n) is 5.77. The van der Waals surface area contributed by atoms with Crippen LogP contribution < -0.4 is 5.32 Å². The fourth-order valence-corrected chi connectivity index (χ4v) is 3.91. The minimum Gasteiger partial charge on any atom is -0.379 e. The predicted octanol–water partition coefficient (Wildman–Crippen LogP) is 3.76. The van der Waals surface area contributed by atoms with Gasteiger partial charge in [0.2, 0.25) is 5.91 Å². The monoisotopic (exact) mass is 444 g/mol. The lowest BCUT2D eigenvalue weighted by molar-refractivity contribution is -0.116. The largest absolute Gasteiger partial charge is 0.379 e. The van der Waals surface area contributed by atoms with Crippen LogP contribution in [0.4, 0.5) is 0 Å². The summed E-state index contributed by atoms with van der Waals surface area (Å²) in [7, 11) is 0. The number of hydrogen-bond donors (Lipinski definition) is 1. The van der Waals surface area contributed by atoms with E-state index in [0.717, 1.165) is 56.1 Å². The third kappa shape index (κ3) is 6.88. The first-order valence-electron chi connectivity index (χ1n) is 11.6. The molecule has 6 heteroatoms. The van der Waals surface area contributed by atoms with Gasteiger partial charge in [0, 0.05) is 43.0 Å². The average Bonchev–Trinajstić information content (AvgIpc) is 3.25. The zero-order valence-electron chi connectivity index (χ0n) is 19.2. The molecule has 1 aliphatic heterocycles. The maximum Gasteiger partial charge on any atom is 0.244 e. The molecule has 6 nitrogen and oxygen atoms in total. The number of carbonyl (C=O) groups is 1. The molecule has 1 aliphatic rings. The molecule has 33 heavy (non-hydrogen) atoms. The summed E-state index contributed by atoms with van der Waals surface area (Å²) in [5.41, 5.74) is 5.23. The molecule has 0 unspecified atom stereocenters. The Balaban J connectivity index is 1.40. The molecule has 1 amide bonds. The van der Waals surface area contributed by atoms with Crippen LogP contribution in [0, 0.1) is 6.92 Å². The second kappa shape index (κ2) is 11.6. The Hall–Kier alpha value is -3.22. The Morgan fingerprint density at radius 1 is 1.09 bits per heavy atom. The molecule has 172 valence electrons. The van der Waals surface area contributed by atoms with Gasteiger partial charge in [-0.3, -0.25) is 14.4 Å². The van der Waals surface area contributed by atoms with Crippen LogP contribution in [0.25, 0.3) is 17.3 Å². The van der Waals surface area contributed by atoms with Crippen LogP contribution >= 0.6 is 0 Å². The summed E-state index contributed by atoms with van der Waals surface area (Å²) in [5, 5.41) is 7.82. The van der Waals surface area contributed by atoms with Crippen molar-refractivity contribution >= 4 is 12.0 Å². The van der Waals surface area contributed by atoms with Crippen molar-refractivity contribution in [1.29, 1.82) is 0 Å². The first-order chi connectivity index (χ1) is 16.2. The number of ether oxygens (including phenoxy) is 1. The highest BCUT2D eigenvalue weighted by molar-refractivity contribution is 5.92. The van der Waals surface area contributed by atoms with Crippen molar-refractivity contribution < 1.29 is 9.53 Å². The van der Waals surface area contributed by atoms with Gasteiger partial charge in [-0.25, -0.2) is 0 Å². The Bertz CT molecular complexity index is 1050. The van der Waals surface area contributed by atoms with Crippen LogP contribution in [-0.2, 0) is 16.1 Å². The van der Waals surface area contributed by atoms with Crippen molar-refractivity contribution in [1.82, 2.24) is 20.0 Å². The normalized spacial score (nSPS) is 14.6. The molecular formula is C27H32N4O2. The van der Waals surface area contributed by atoms with E-state index >= 15 is 0 Å². The summed E-state index contributed by atoms with van der Waals surface area (Å²) in [4.78, 5) is 14.8. The minimum absolute atomic E-state index is 0.0809. The molecule has 1 aromatic heterocycles. The third-order valence-corrected chi connectivity index (χ3v) is 5.77. The Morgan fingerprint density at radius 2 is 1.85 bits per heavy atom. The molecule has 0 spiro atoms. The highest BCUT2D eigenvalue weighted by atomic mass is 16.5. The van der Waals surface area contributed by atoms with Crippen molar-refractivity contribution in [3.05, 3.63) is 83.6 Å². The number of benzene rings is 2. The predicted molar refractivity (Wildman–Crippen MR) is 132 cm³/mol. The lowest BCUT2D eigenvalue weighted by Crippen LogP contribution is -2.38. The lowest BCUT2D eigenvalue weighted by Gasteiger charge is -2.26. The number of morpholine rings is 1. The lowest BCUT2D eigenvalue weighted by atomic mass is 10.1. The number of aromatic nitrogens is 2. The molecule has 0 saturated carbocycles. The Morgan fingerprint density at radius 3 is 2.61 bits per heavy atom. The summed E-state index contributed by atoms with van der Waals surface area (Å²) in [6.07, 6.45) is 6.41. The summed E-state index contributed by atoms with van der Waals surface area (Å²) >= 11 is 0. The molecule has 0 aliphatic carbocycles. The maximum atomic E-state index is 12.4. The standard InChI is InChI=1S/C27H32N4O2/c1-22-8-10-24(11-9-22)27-25(21-31(29-27)20-23-6-3-2-4-7-23)12-13-26(32)28-14-5-15-30-16-18-33-19-17-30/h2-4,6-13,21H,5,14-20H2,1H3,(H,28,32)/b13-12+. The minimum atomic E-state index is -0.0809. The first kappa shape index (κ1) is 23.0. The van der Waals surface area contributed by atoms with Gasteiger partial charge < -0.3 is 10.1 Å². The van der Waals surface area contributed by atoms with Crippen molar-refractivity contribution in [3.63, 3.8) is 0 Å². The van der Waals surface area contributed by atoms with E-state index in [4.69, 9.17) is 9.84 Å². The average molecular weight is 445 g/mol. The van der Waals surface area contributed by atoms with E-state index in [2.05, 4.69) is 53.5 Å². The fraction of sp³-hybridized carbons (Fsp3) is 0.333. The molecule has 4 rings (SSSR count). The van der Waals surface area contributed by atoms with E-state index < -0.39 is 0 Å². The van der Waals surface area contributed by atoms with E-state index in [-0.39, 0.29) is 5.91 Å². The van der Waals surface area contributed by atoms with Crippen LogP contribution in [0.3, 0.4) is 0 Å².